The summed E-state index contributed by atoms with van der Waals surface area (Å²) >= 11 is 1.72. The lowest BCUT2D eigenvalue weighted by atomic mass is 9.92. The van der Waals surface area contributed by atoms with Gasteiger partial charge in [-0.1, -0.05) is 20.8 Å². The molecule has 0 aliphatic rings. The van der Waals surface area contributed by atoms with Crippen molar-refractivity contribution in [2.45, 2.75) is 40.7 Å². The van der Waals surface area contributed by atoms with Gasteiger partial charge in [0.1, 0.15) is 0 Å². The molecule has 0 aliphatic heterocycles. The van der Waals surface area contributed by atoms with Gasteiger partial charge < -0.3 is 4.90 Å². The molecule has 2 nitrogen and oxygen atoms in total. The van der Waals surface area contributed by atoms with Gasteiger partial charge >= 0.3 is 0 Å². The number of hydrogen-bond acceptors (Lipinski definition) is 2. The fourth-order valence-electron chi connectivity index (χ4n) is 1.46. The Balaban J connectivity index is 2.56. The van der Waals surface area contributed by atoms with Crippen molar-refractivity contribution < 1.29 is 4.79 Å². The van der Waals surface area contributed by atoms with E-state index in [0.29, 0.717) is 6.42 Å². The predicted molar refractivity (Wildman–Crippen MR) is 69.6 cm³/mol. The van der Waals surface area contributed by atoms with E-state index in [0.717, 1.165) is 6.54 Å². The third-order valence-electron chi connectivity index (χ3n) is 2.46. The standard InChI is InChI=1S/C13H21NOS/c1-10-6-7-16-11(10)9-14(5)12(15)8-13(2,3)4/h6-7H,8-9H2,1-5H3. The van der Waals surface area contributed by atoms with Gasteiger partial charge in [0.2, 0.25) is 5.91 Å². The van der Waals surface area contributed by atoms with Gasteiger partial charge in [-0.3, -0.25) is 4.79 Å². The molecule has 0 radical (unpaired) electrons. The maximum absolute atomic E-state index is 11.9. The molecule has 0 fully saturated rings. The molecule has 0 aromatic carbocycles. The van der Waals surface area contributed by atoms with E-state index >= 15 is 0 Å². The van der Waals surface area contributed by atoms with Crippen LogP contribution in [0.4, 0.5) is 0 Å². The van der Waals surface area contributed by atoms with Crippen LogP contribution in [0, 0.1) is 12.3 Å². The zero-order valence-corrected chi connectivity index (χ0v) is 11.6. The number of carbonyl (C=O) groups is 1. The summed E-state index contributed by atoms with van der Waals surface area (Å²) in [5.74, 6) is 0.223. The molecule has 0 spiro atoms. The summed E-state index contributed by atoms with van der Waals surface area (Å²) < 4.78 is 0. The highest BCUT2D eigenvalue weighted by molar-refractivity contribution is 7.10. The number of hydrogen-bond donors (Lipinski definition) is 0. The van der Waals surface area contributed by atoms with E-state index in [4.69, 9.17) is 0 Å². The van der Waals surface area contributed by atoms with Crippen molar-refractivity contribution in [1.82, 2.24) is 4.90 Å². The Hall–Kier alpha value is -0.830. The molecule has 1 heterocycles. The summed E-state index contributed by atoms with van der Waals surface area (Å²) in [7, 11) is 1.88. The first-order valence-corrected chi connectivity index (χ1v) is 6.44. The van der Waals surface area contributed by atoms with Crippen LogP contribution in [0.15, 0.2) is 11.4 Å². The molecule has 0 N–H and O–H groups in total. The maximum atomic E-state index is 11.9. The topological polar surface area (TPSA) is 20.3 Å². The normalized spacial score (nSPS) is 11.6. The maximum Gasteiger partial charge on any atom is 0.223 e. The van der Waals surface area contributed by atoms with Crippen LogP contribution in [0.25, 0.3) is 0 Å². The third-order valence-corrected chi connectivity index (χ3v) is 3.46. The van der Waals surface area contributed by atoms with Gasteiger partial charge in [-0.25, -0.2) is 0 Å². The van der Waals surface area contributed by atoms with Crippen LogP contribution in [0.1, 0.15) is 37.6 Å². The van der Waals surface area contributed by atoms with Crippen molar-refractivity contribution in [3.05, 3.63) is 21.9 Å². The van der Waals surface area contributed by atoms with Gasteiger partial charge in [0.05, 0.1) is 6.54 Å². The lowest BCUT2D eigenvalue weighted by Gasteiger charge is -2.23. The first-order chi connectivity index (χ1) is 7.29. The Morgan fingerprint density at radius 2 is 2.06 bits per heavy atom. The fourth-order valence-corrected chi connectivity index (χ4v) is 2.42. The van der Waals surface area contributed by atoms with Gasteiger partial charge in [0, 0.05) is 18.3 Å². The van der Waals surface area contributed by atoms with Gasteiger partial charge in [-0.05, 0) is 29.3 Å². The van der Waals surface area contributed by atoms with Crippen molar-refractivity contribution in [3.8, 4) is 0 Å². The molecule has 1 rings (SSSR count). The largest absolute Gasteiger partial charge is 0.341 e. The number of rotatable bonds is 3. The van der Waals surface area contributed by atoms with Crippen LogP contribution < -0.4 is 0 Å². The monoisotopic (exact) mass is 239 g/mol. The predicted octanol–water partition coefficient (Wildman–Crippen LogP) is 3.45. The van der Waals surface area contributed by atoms with Crippen molar-refractivity contribution in [1.29, 1.82) is 0 Å². The van der Waals surface area contributed by atoms with Gasteiger partial charge in [0.25, 0.3) is 0 Å². The molecule has 1 amide bonds. The molecule has 16 heavy (non-hydrogen) atoms. The molecule has 0 saturated carbocycles. The second-order valence-electron chi connectivity index (χ2n) is 5.51. The van der Waals surface area contributed by atoms with E-state index in [2.05, 4.69) is 39.1 Å². The Morgan fingerprint density at radius 1 is 1.44 bits per heavy atom. The second-order valence-corrected chi connectivity index (χ2v) is 6.51. The van der Waals surface area contributed by atoms with E-state index in [1.165, 1.54) is 10.4 Å². The van der Waals surface area contributed by atoms with E-state index in [1.54, 1.807) is 11.3 Å². The molecule has 0 atom stereocenters. The first-order valence-electron chi connectivity index (χ1n) is 5.56. The lowest BCUT2D eigenvalue weighted by Crippen LogP contribution is -2.29. The number of amides is 1. The number of carbonyl (C=O) groups excluding carboxylic acids is 1. The molecule has 0 unspecified atom stereocenters. The SMILES string of the molecule is Cc1ccsc1CN(C)C(=O)CC(C)(C)C. The van der Waals surface area contributed by atoms with Gasteiger partial charge in [-0.15, -0.1) is 11.3 Å². The highest BCUT2D eigenvalue weighted by Gasteiger charge is 2.19. The third kappa shape index (κ3) is 3.97. The Bertz CT molecular complexity index is 362. The molecule has 1 aromatic rings. The Kier molecular flexibility index (Phi) is 4.14. The number of thiophene rings is 1. The van der Waals surface area contributed by atoms with Crippen LogP contribution in [0.5, 0.6) is 0 Å². The number of nitrogens with zero attached hydrogens (tertiary/aromatic N) is 1. The van der Waals surface area contributed by atoms with Crippen molar-refractivity contribution in [2.75, 3.05) is 7.05 Å². The second kappa shape index (κ2) is 5.00. The molecular weight excluding hydrogens is 218 g/mol. The summed E-state index contributed by atoms with van der Waals surface area (Å²) in [6.07, 6.45) is 0.605. The molecule has 0 saturated heterocycles. The summed E-state index contributed by atoms with van der Waals surface area (Å²) in [6.45, 7) is 9.10. The van der Waals surface area contributed by atoms with Crippen LogP contribution in [-0.2, 0) is 11.3 Å². The quantitative estimate of drug-likeness (QED) is 0.791. The van der Waals surface area contributed by atoms with E-state index in [1.807, 2.05) is 11.9 Å². The molecule has 0 aliphatic carbocycles. The van der Waals surface area contributed by atoms with E-state index in [9.17, 15) is 4.79 Å². The number of aryl methyl sites for hydroxylation is 1. The minimum atomic E-state index is 0.0653. The van der Waals surface area contributed by atoms with Crippen molar-refractivity contribution in [2.24, 2.45) is 5.41 Å². The van der Waals surface area contributed by atoms with E-state index < -0.39 is 0 Å². The zero-order chi connectivity index (χ0) is 12.3. The van der Waals surface area contributed by atoms with E-state index in [-0.39, 0.29) is 11.3 Å². The molecule has 90 valence electrons. The molecule has 1 aromatic heterocycles. The Morgan fingerprint density at radius 3 is 2.50 bits per heavy atom. The van der Waals surface area contributed by atoms with Gasteiger partial charge in [-0.2, -0.15) is 0 Å². The van der Waals surface area contributed by atoms with Crippen LogP contribution >= 0.6 is 11.3 Å². The highest BCUT2D eigenvalue weighted by atomic mass is 32.1. The van der Waals surface area contributed by atoms with Crippen LogP contribution in [0.2, 0.25) is 0 Å². The molecular formula is C13H21NOS. The zero-order valence-electron chi connectivity index (χ0n) is 10.8. The van der Waals surface area contributed by atoms with Crippen molar-refractivity contribution >= 4 is 17.2 Å². The fraction of sp³-hybridized carbons (Fsp3) is 0.615. The molecule has 0 bridgehead atoms. The highest BCUT2D eigenvalue weighted by Crippen LogP contribution is 2.22. The minimum absolute atomic E-state index is 0.0653. The summed E-state index contributed by atoms with van der Waals surface area (Å²) in [5.41, 5.74) is 1.34. The minimum Gasteiger partial charge on any atom is -0.341 e. The van der Waals surface area contributed by atoms with Crippen LogP contribution in [0.3, 0.4) is 0 Å². The summed E-state index contributed by atoms with van der Waals surface area (Å²) in [4.78, 5) is 15.0. The first kappa shape index (κ1) is 13.2. The van der Waals surface area contributed by atoms with Crippen molar-refractivity contribution in [3.63, 3.8) is 0 Å². The Labute approximate surface area is 102 Å². The average molecular weight is 239 g/mol. The summed E-state index contributed by atoms with van der Waals surface area (Å²) in [6, 6.07) is 2.10. The lowest BCUT2D eigenvalue weighted by molar-refractivity contribution is -0.132. The molecule has 3 heteroatoms. The summed E-state index contributed by atoms with van der Waals surface area (Å²) in [5, 5.41) is 2.08. The smallest absolute Gasteiger partial charge is 0.223 e. The van der Waals surface area contributed by atoms with Gasteiger partial charge in [0.15, 0.2) is 0 Å². The average Bonchev–Trinajstić information content (AvgIpc) is 2.49. The van der Waals surface area contributed by atoms with Crippen LogP contribution in [-0.4, -0.2) is 17.9 Å².